The highest BCUT2D eigenvalue weighted by Gasteiger charge is 2.24. The van der Waals surface area contributed by atoms with E-state index in [1.807, 2.05) is 4.90 Å². The highest BCUT2D eigenvalue weighted by Crippen LogP contribution is 2.20. The number of hydrogen-bond acceptors (Lipinski definition) is 3. The predicted molar refractivity (Wildman–Crippen MR) is 94.2 cm³/mol. The largest absolute Gasteiger partial charge is 0.336 e. The van der Waals surface area contributed by atoms with Crippen molar-refractivity contribution in [2.24, 2.45) is 0 Å². The Balaban J connectivity index is 1.87. The maximum atomic E-state index is 12.6. The van der Waals surface area contributed by atoms with Gasteiger partial charge < -0.3 is 4.90 Å². The first-order chi connectivity index (χ1) is 11.5. The second-order valence-corrected chi connectivity index (χ2v) is 6.70. The van der Waals surface area contributed by atoms with E-state index in [1.54, 1.807) is 24.3 Å². The van der Waals surface area contributed by atoms with Crippen LogP contribution < -0.4 is 5.56 Å². The van der Waals surface area contributed by atoms with Crippen LogP contribution in [0.5, 0.6) is 0 Å². The van der Waals surface area contributed by atoms with Crippen LogP contribution in [-0.2, 0) is 0 Å². The molecule has 7 heteroatoms. The molecule has 24 heavy (non-hydrogen) atoms. The Kier molecular flexibility index (Phi) is 4.92. The van der Waals surface area contributed by atoms with Crippen molar-refractivity contribution in [2.45, 2.75) is 32.2 Å². The molecule has 1 aromatic carbocycles. The third-order valence-corrected chi connectivity index (χ3v) is 5.05. The van der Waals surface area contributed by atoms with Crippen molar-refractivity contribution >= 4 is 29.1 Å². The molecule has 1 saturated heterocycles. The summed E-state index contributed by atoms with van der Waals surface area (Å²) in [6.45, 7) is 2.86. The Morgan fingerprint density at radius 2 is 1.92 bits per heavy atom. The number of nitrogens with zero attached hydrogens (tertiary/aromatic N) is 3. The lowest BCUT2D eigenvalue weighted by Gasteiger charge is -2.33. The summed E-state index contributed by atoms with van der Waals surface area (Å²) < 4.78 is 1.16. The third kappa shape index (κ3) is 3.19. The molecule has 2 heterocycles. The van der Waals surface area contributed by atoms with Gasteiger partial charge in [-0.2, -0.15) is 9.78 Å². The van der Waals surface area contributed by atoms with E-state index in [9.17, 15) is 9.59 Å². The molecule has 0 aliphatic carbocycles. The Morgan fingerprint density at radius 3 is 2.58 bits per heavy atom. The lowest BCUT2D eigenvalue weighted by Crippen LogP contribution is -2.42. The van der Waals surface area contributed by atoms with Crippen LogP contribution in [0.25, 0.3) is 5.69 Å². The number of hydrogen-bond donors (Lipinski definition) is 0. The zero-order chi connectivity index (χ0) is 17.3. The number of piperidine rings is 1. The topological polar surface area (TPSA) is 55.2 Å². The van der Waals surface area contributed by atoms with Crippen molar-refractivity contribution in [1.29, 1.82) is 0 Å². The minimum Gasteiger partial charge on any atom is -0.336 e. The van der Waals surface area contributed by atoms with Crippen molar-refractivity contribution in [2.75, 3.05) is 6.54 Å². The number of carbonyl (C=O) groups is 1. The average Bonchev–Trinajstić information content (AvgIpc) is 2.60. The number of rotatable bonds is 2. The van der Waals surface area contributed by atoms with Crippen LogP contribution in [0, 0.1) is 0 Å². The van der Waals surface area contributed by atoms with Gasteiger partial charge in [0.2, 0.25) is 0 Å². The average molecular weight is 366 g/mol. The van der Waals surface area contributed by atoms with Gasteiger partial charge in [-0.1, -0.05) is 23.2 Å². The Bertz CT molecular complexity index is 818. The summed E-state index contributed by atoms with van der Waals surface area (Å²) in [6, 6.07) is 7.02. The summed E-state index contributed by atoms with van der Waals surface area (Å²) in [5.41, 5.74) is 0.635. The predicted octanol–water partition coefficient (Wildman–Crippen LogP) is 3.55. The zero-order valence-electron chi connectivity index (χ0n) is 13.2. The van der Waals surface area contributed by atoms with Crippen LogP contribution in [-0.4, -0.2) is 33.2 Å². The Labute approximate surface area is 149 Å². The maximum absolute atomic E-state index is 12.6. The van der Waals surface area contributed by atoms with E-state index in [2.05, 4.69) is 12.0 Å². The molecule has 0 N–H and O–H groups in total. The second-order valence-electron chi connectivity index (χ2n) is 5.91. The third-order valence-electron chi connectivity index (χ3n) is 4.30. The number of halogens is 2. The zero-order valence-corrected chi connectivity index (χ0v) is 14.7. The van der Waals surface area contributed by atoms with Gasteiger partial charge in [-0.3, -0.25) is 9.59 Å². The molecule has 0 radical (unpaired) electrons. The lowest BCUT2D eigenvalue weighted by molar-refractivity contribution is 0.0635. The molecular weight excluding hydrogens is 349 g/mol. The van der Waals surface area contributed by atoms with E-state index in [0.717, 1.165) is 30.5 Å². The van der Waals surface area contributed by atoms with Crippen molar-refractivity contribution in [3.63, 3.8) is 0 Å². The molecule has 1 unspecified atom stereocenters. The molecule has 2 aromatic rings. The van der Waals surface area contributed by atoms with Crippen LogP contribution in [0.3, 0.4) is 0 Å². The van der Waals surface area contributed by atoms with E-state index in [1.165, 1.54) is 6.20 Å². The molecule has 1 amide bonds. The fourth-order valence-electron chi connectivity index (χ4n) is 2.91. The van der Waals surface area contributed by atoms with Gasteiger partial charge >= 0.3 is 0 Å². The van der Waals surface area contributed by atoms with Gasteiger partial charge in [0.05, 0.1) is 16.9 Å². The number of amides is 1. The van der Waals surface area contributed by atoms with Crippen LogP contribution in [0.1, 0.15) is 36.5 Å². The van der Waals surface area contributed by atoms with E-state index in [0.29, 0.717) is 11.3 Å². The molecule has 126 valence electrons. The van der Waals surface area contributed by atoms with Crippen molar-refractivity contribution < 1.29 is 4.79 Å². The summed E-state index contributed by atoms with van der Waals surface area (Å²) >= 11 is 11.6. The molecular formula is C17H17Cl2N3O2. The van der Waals surface area contributed by atoms with Gasteiger partial charge in [-0.05, 0) is 50.5 Å². The van der Waals surface area contributed by atoms with Gasteiger partial charge in [0.25, 0.3) is 11.5 Å². The quantitative estimate of drug-likeness (QED) is 0.817. The molecule has 1 aliphatic heterocycles. The molecule has 5 nitrogen and oxygen atoms in total. The standard InChI is InChI=1S/C17H17Cl2N3O2/c1-11-4-2-3-9-21(11)16(23)12-5-7-13(8-6-12)22-17(24)15(19)14(18)10-20-22/h5-8,10-11H,2-4,9H2,1H3. The van der Waals surface area contributed by atoms with Crippen molar-refractivity contribution in [3.8, 4) is 5.69 Å². The number of aromatic nitrogens is 2. The summed E-state index contributed by atoms with van der Waals surface area (Å²) in [5.74, 6) is 0.0168. The first-order valence-electron chi connectivity index (χ1n) is 7.84. The Hall–Kier alpha value is -1.85. The van der Waals surface area contributed by atoms with Crippen LogP contribution in [0.4, 0.5) is 0 Å². The van der Waals surface area contributed by atoms with Gasteiger partial charge in [0.1, 0.15) is 5.02 Å². The first-order valence-corrected chi connectivity index (χ1v) is 8.59. The minimum atomic E-state index is -0.493. The smallest absolute Gasteiger partial charge is 0.291 e. The summed E-state index contributed by atoms with van der Waals surface area (Å²) in [4.78, 5) is 26.6. The van der Waals surface area contributed by atoms with Crippen LogP contribution >= 0.6 is 23.2 Å². The minimum absolute atomic E-state index is 0.0168. The summed E-state index contributed by atoms with van der Waals surface area (Å²) in [6.07, 6.45) is 4.55. The first kappa shape index (κ1) is 17.0. The monoisotopic (exact) mass is 365 g/mol. The molecule has 0 saturated carbocycles. The Morgan fingerprint density at radius 1 is 1.21 bits per heavy atom. The highest BCUT2D eigenvalue weighted by atomic mass is 35.5. The SMILES string of the molecule is CC1CCCCN1C(=O)c1ccc(-n2ncc(Cl)c(Cl)c2=O)cc1. The summed E-state index contributed by atoms with van der Waals surface area (Å²) in [7, 11) is 0. The summed E-state index contributed by atoms with van der Waals surface area (Å²) in [5, 5.41) is 4.02. The van der Waals surface area contributed by atoms with E-state index >= 15 is 0 Å². The number of carbonyl (C=O) groups excluding carboxylic acids is 1. The molecule has 3 rings (SSSR count). The molecule has 1 fully saturated rings. The molecule has 0 bridgehead atoms. The maximum Gasteiger partial charge on any atom is 0.291 e. The lowest BCUT2D eigenvalue weighted by atomic mass is 10.0. The number of benzene rings is 1. The molecule has 0 spiro atoms. The number of likely N-dealkylation sites (tertiary alicyclic amines) is 1. The molecule has 1 aliphatic rings. The van der Waals surface area contributed by atoms with Crippen molar-refractivity contribution in [3.05, 3.63) is 56.4 Å². The van der Waals surface area contributed by atoms with E-state index in [4.69, 9.17) is 23.2 Å². The highest BCUT2D eigenvalue weighted by molar-refractivity contribution is 6.41. The molecule has 1 atom stereocenters. The van der Waals surface area contributed by atoms with E-state index < -0.39 is 5.56 Å². The van der Waals surface area contributed by atoms with Gasteiger partial charge in [0.15, 0.2) is 0 Å². The van der Waals surface area contributed by atoms with Gasteiger partial charge in [-0.25, -0.2) is 0 Å². The van der Waals surface area contributed by atoms with Crippen molar-refractivity contribution in [1.82, 2.24) is 14.7 Å². The van der Waals surface area contributed by atoms with Gasteiger partial charge in [-0.15, -0.1) is 0 Å². The van der Waals surface area contributed by atoms with Gasteiger partial charge in [0, 0.05) is 18.2 Å². The van der Waals surface area contributed by atoms with Crippen LogP contribution in [0.15, 0.2) is 35.3 Å². The second kappa shape index (κ2) is 6.95. The molecule has 1 aromatic heterocycles. The fourth-order valence-corrected chi connectivity index (χ4v) is 3.16. The normalized spacial score (nSPS) is 17.8. The van der Waals surface area contributed by atoms with Crippen LogP contribution in [0.2, 0.25) is 10.0 Å². The van der Waals surface area contributed by atoms with E-state index in [-0.39, 0.29) is 22.0 Å². The fraction of sp³-hybridized carbons (Fsp3) is 0.353.